The molecule has 0 aromatic heterocycles. The minimum Gasteiger partial charge on any atom is -0.305 e. The molecule has 1 fully saturated rings. The van der Waals surface area contributed by atoms with Crippen molar-refractivity contribution >= 4 is 23.4 Å². The Labute approximate surface area is 101 Å². The van der Waals surface area contributed by atoms with Crippen LogP contribution >= 0.6 is 23.4 Å². The van der Waals surface area contributed by atoms with E-state index >= 15 is 0 Å². The zero-order chi connectivity index (χ0) is 10.7. The van der Waals surface area contributed by atoms with Crippen molar-refractivity contribution in [3.8, 4) is 0 Å². The van der Waals surface area contributed by atoms with Gasteiger partial charge in [-0.2, -0.15) is 11.8 Å². The Morgan fingerprint density at radius 1 is 1.27 bits per heavy atom. The third kappa shape index (κ3) is 3.13. The molecule has 0 radical (unpaired) electrons. The molecule has 0 amide bonds. The first-order valence-corrected chi connectivity index (χ1v) is 6.74. The van der Waals surface area contributed by atoms with E-state index in [-0.39, 0.29) is 0 Å². The van der Waals surface area contributed by atoms with Crippen LogP contribution in [0.3, 0.4) is 0 Å². The van der Waals surface area contributed by atoms with Gasteiger partial charge in [-0.3, -0.25) is 0 Å². The van der Waals surface area contributed by atoms with Crippen LogP contribution in [0.1, 0.15) is 17.2 Å². The molecule has 1 heterocycles. The van der Waals surface area contributed by atoms with Crippen LogP contribution in [0.4, 0.5) is 0 Å². The molecule has 0 aliphatic carbocycles. The summed E-state index contributed by atoms with van der Waals surface area (Å²) in [6.07, 6.45) is 1.24. The summed E-state index contributed by atoms with van der Waals surface area (Å²) in [5.41, 5.74) is 1.42. The minimum atomic E-state index is 0.646. The Bertz CT molecular complexity index is 312. The first-order chi connectivity index (χ1) is 7.25. The van der Waals surface area contributed by atoms with Gasteiger partial charge in [0, 0.05) is 22.6 Å². The lowest BCUT2D eigenvalue weighted by molar-refractivity contribution is 0.355. The van der Waals surface area contributed by atoms with Gasteiger partial charge in [-0.05, 0) is 37.7 Å². The Hall–Kier alpha value is -0.180. The summed E-state index contributed by atoms with van der Waals surface area (Å²) >= 11 is 7.95. The number of benzene rings is 1. The van der Waals surface area contributed by atoms with Gasteiger partial charge in [0.15, 0.2) is 0 Å². The van der Waals surface area contributed by atoms with Crippen LogP contribution in [0.5, 0.6) is 0 Å². The topological polar surface area (TPSA) is 3.24 Å². The van der Waals surface area contributed by atoms with E-state index in [4.69, 9.17) is 11.6 Å². The molecule has 0 spiro atoms. The Morgan fingerprint density at radius 3 is 2.73 bits per heavy atom. The lowest BCUT2D eigenvalue weighted by Gasteiger charge is -2.14. The van der Waals surface area contributed by atoms with E-state index in [1.807, 2.05) is 12.1 Å². The van der Waals surface area contributed by atoms with Crippen molar-refractivity contribution in [2.45, 2.75) is 11.7 Å². The summed E-state index contributed by atoms with van der Waals surface area (Å²) in [5.74, 6) is 1.23. The van der Waals surface area contributed by atoms with Crippen LogP contribution in [0, 0.1) is 0 Å². The zero-order valence-electron chi connectivity index (χ0n) is 8.95. The standard InChI is InChI=1S/C12H16ClNS/c1-14-7-6-12(15-9-8-14)10-2-4-11(13)5-3-10/h2-5,12H,6-9H2,1H3. The van der Waals surface area contributed by atoms with Crippen LogP contribution < -0.4 is 0 Å². The average molecular weight is 242 g/mol. The summed E-state index contributed by atoms with van der Waals surface area (Å²) in [7, 11) is 2.20. The molecule has 3 heteroatoms. The van der Waals surface area contributed by atoms with Crippen LogP contribution in [0.2, 0.25) is 5.02 Å². The van der Waals surface area contributed by atoms with Gasteiger partial charge in [-0.15, -0.1) is 0 Å². The number of rotatable bonds is 1. The second-order valence-corrected chi connectivity index (χ2v) is 5.75. The SMILES string of the molecule is CN1CCSC(c2ccc(Cl)cc2)CC1. The molecule has 2 rings (SSSR count). The number of hydrogen-bond acceptors (Lipinski definition) is 2. The summed E-state index contributed by atoms with van der Waals surface area (Å²) in [5, 5.41) is 1.47. The van der Waals surface area contributed by atoms with Crippen molar-refractivity contribution in [2.24, 2.45) is 0 Å². The Balaban J connectivity index is 2.06. The predicted molar refractivity (Wildman–Crippen MR) is 68.8 cm³/mol. The lowest BCUT2D eigenvalue weighted by Crippen LogP contribution is -2.20. The normalized spacial score (nSPS) is 23.7. The maximum absolute atomic E-state index is 5.89. The molecule has 1 aliphatic rings. The van der Waals surface area contributed by atoms with Crippen LogP contribution in [0.15, 0.2) is 24.3 Å². The first kappa shape index (κ1) is 11.3. The van der Waals surface area contributed by atoms with E-state index in [0.717, 1.165) is 5.02 Å². The number of thioether (sulfide) groups is 1. The Morgan fingerprint density at radius 2 is 2.00 bits per heavy atom. The molecule has 0 N–H and O–H groups in total. The molecule has 15 heavy (non-hydrogen) atoms. The van der Waals surface area contributed by atoms with E-state index in [1.165, 1.54) is 30.8 Å². The highest BCUT2D eigenvalue weighted by molar-refractivity contribution is 7.99. The number of nitrogens with zero attached hydrogens (tertiary/aromatic N) is 1. The quantitative estimate of drug-likeness (QED) is 0.741. The van der Waals surface area contributed by atoms with E-state index in [9.17, 15) is 0 Å². The van der Waals surface area contributed by atoms with E-state index in [0.29, 0.717) is 5.25 Å². The Kier molecular flexibility index (Phi) is 3.95. The maximum Gasteiger partial charge on any atom is 0.0406 e. The molecule has 1 atom stereocenters. The van der Waals surface area contributed by atoms with Crippen molar-refractivity contribution < 1.29 is 0 Å². The molecule has 1 nitrogen and oxygen atoms in total. The molecule has 1 aromatic rings. The van der Waals surface area contributed by atoms with Crippen molar-refractivity contribution in [2.75, 3.05) is 25.9 Å². The van der Waals surface area contributed by atoms with Gasteiger partial charge in [0.1, 0.15) is 0 Å². The van der Waals surface area contributed by atoms with Crippen LogP contribution in [-0.4, -0.2) is 30.8 Å². The van der Waals surface area contributed by atoms with Gasteiger partial charge >= 0.3 is 0 Å². The molecule has 0 bridgehead atoms. The van der Waals surface area contributed by atoms with Gasteiger partial charge in [0.05, 0.1) is 0 Å². The summed E-state index contributed by atoms with van der Waals surface area (Å²) in [6.45, 7) is 2.40. The number of halogens is 1. The van der Waals surface area contributed by atoms with E-state index in [1.54, 1.807) is 0 Å². The highest BCUT2D eigenvalue weighted by Crippen LogP contribution is 2.34. The fraction of sp³-hybridized carbons (Fsp3) is 0.500. The predicted octanol–water partition coefficient (Wildman–Crippen LogP) is 3.45. The molecular weight excluding hydrogens is 226 g/mol. The van der Waals surface area contributed by atoms with Gasteiger partial charge in [-0.1, -0.05) is 23.7 Å². The maximum atomic E-state index is 5.89. The fourth-order valence-electron chi connectivity index (χ4n) is 1.82. The van der Waals surface area contributed by atoms with Crippen LogP contribution in [-0.2, 0) is 0 Å². The summed E-state index contributed by atoms with van der Waals surface area (Å²) in [6, 6.07) is 8.30. The van der Waals surface area contributed by atoms with Crippen molar-refractivity contribution in [1.29, 1.82) is 0 Å². The molecular formula is C12H16ClNS. The van der Waals surface area contributed by atoms with E-state index in [2.05, 4.69) is 35.8 Å². The molecule has 1 aromatic carbocycles. The average Bonchev–Trinajstić information content (AvgIpc) is 2.44. The van der Waals surface area contributed by atoms with Crippen molar-refractivity contribution in [1.82, 2.24) is 4.90 Å². The molecule has 1 aliphatic heterocycles. The summed E-state index contributed by atoms with van der Waals surface area (Å²) in [4.78, 5) is 2.41. The highest BCUT2D eigenvalue weighted by atomic mass is 35.5. The van der Waals surface area contributed by atoms with Gasteiger partial charge in [0.2, 0.25) is 0 Å². The van der Waals surface area contributed by atoms with E-state index < -0.39 is 0 Å². The van der Waals surface area contributed by atoms with Crippen LogP contribution in [0.25, 0.3) is 0 Å². The highest BCUT2D eigenvalue weighted by Gasteiger charge is 2.16. The second kappa shape index (κ2) is 5.24. The molecule has 82 valence electrons. The lowest BCUT2D eigenvalue weighted by atomic mass is 10.1. The molecule has 0 saturated carbocycles. The summed E-state index contributed by atoms with van der Waals surface area (Å²) < 4.78 is 0. The minimum absolute atomic E-state index is 0.646. The number of hydrogen-bond donors (Lipinski definition) is 0. The zero-order valence-corrected chi connectivity index (χ0v) is 10.5. The van der Waals surface area contributed by atoms with Gasteiger partial charge < -0.3 is 4.90 Å². The first-order valence-electron chi connectivity index (χ1n) is 5.31. The van der Waals surface area contributed by atoms with Crippen molar-refractivity contribution in [3.63, 3.8) is 0 Å². The van der Waals surface area contributed by atoms with Gasteiger partial charge in [0.25, 0.3) is 0 Å². The largest absolute Gasteiger partial charge is 0.305 e. The van der Waals surface area contributed by atoms with Gasteiger partial charge in [-0.25, -0.2) is 0 Å². The fourth-order valence-corrected chi connectivity index (χ4v) is 3.27. The smallest absolute Gasteiger partial charge is 0.0406 e. The third-order valence-corrected chi connectivity index (χ3v) is 4.39. The second-order valence-electron chi connectivity index (χ2n) is 4.00. The molecule has 1 unspecified atom stereocenters. The monoisotopic (exact) mass is 241 g/mol. The van der Waals surface area contributed by atoms with Crippen molar-refractivity contribution in [3.05, 3.63) is 34.9 Å². The molecule has 1 saturated heterocycles. The third-order valence-electron chi connectivity index (χ3n) is 2.81.